The van der Waals surface area contributed by atoms with E-state index in [9.17, 15) is 4.79 Å². The molecule has 0 aliphatic carbocycles. The molecule has 0 aromatic rings. The average Bonchev–Trinajstić information content (AvgIpc) is 1.87. The molecule has 0 rings (SSSR count). The van der Waals surface area contributed by atoms with Crippen molar-refractivity contribution >= 4 is 5.97 Å². The van der Waals surface area contributed by atoms with E-state index in [0.29, 0.717) is 0 Å². The zero-order valence-corrected chi connectivity index (χ0v) is 3.64. The van der Waals surface area contributed by atoms with Crippen LogP contribution >= 0.6 is 0 Å². The maximum atomic E-state index is 10.2. The number of carbonyl (C=O) groups is 1. The first-order valence-corrected chi connectivity index (χ1v) is 1.69. The van der Waals surface area contributed by atoms with Gasteiger partial charge in [-0.05, 0) is 12.9 Å². The van der Waals surface area contributed by atoms with Crippen LogP contribution in [0.1, 0.15) is 18.2 Å². The van der Waals surface area contributed by atoms with Gasteiger partial charge in [-0.15, -0.1) is 0 Å². The fourth-order valence-electron chi connectivity index (χ4n) is 0.127. The highest BCUT2D eigenvalue weighted by molar-refractivity contribution is 5.66. The van der Waals surface area contributed by atoms with Gasteiger partial charge in [0.25, 0.3) is 0 Å². The minimum atomic E-state index is -2.93. The molecule has 0 saturated heterocycles. The number of carboxylic acids is 1. The van der Waals surface area contributed by atoms with Gasteiger partial charge in [-0.1, -0.05) is 0 Å². The molecule has 0 amide bonds. The number of hydrogen-bond acceptors (Lipinski definition) is 2. The predicted octanol–water partition coefficient (Wildman–Crippen LogP) is -0.190. The lowest BCUT2D eigenvalue weighted by molar-refractivity contribution is -0.137. The summed E-state index contributed by atoms with van der Waals surface area (Å²) < 4.78 is 27.4. The Bertz CT molecular complexity index is 169. The molecule has 42 valence electrons. The van der Waals surface area contributed by atoms with Crippen LogP contribution in [0.4, 0.5) is 0 Å². The molecule has 0 radical (unpaired) electrons. The number of aliphatic carboxylic acids is 1. The normalized spacial score (nSPS) is 21.3. The second-order valence-corrected chi connectivity index (χ2v) is 0.811. The summed E-state index contributed by atoms with van der Waals surface area (Å²) in [5, 5.41) is 8.24. The fourth-order valence-corrected chi connectivity index (χ4v) is 0.127. The lowest BCUT2D eigenvalue weighted by Gasteiger charge is -1.86. The quantitative estimate of drug-likeness (QED) is 0.530. The summed E-state index contributed by atoms with van der Waals surface area (Å²) in [5.74, 6) is -1.84. The van der Waals surface area contributed by atoms with E-state index in [1.54, 1.807) is 0 Å². The van der Waals surface area contributed by atoms with Crippen molar-refractivity contribution in [2.75, 3.05) is 6.54 Å². The van der Waals surface area contributed by atoms with Crippen LogP contribution in [0.15, 0.2) is 0 Å². The molecule has 0 spiro atoms. The van der Waals surface area contributed by atoms with Gasteiger partial charge in [0.05, 0.1) is 0 Å². The van der Waals surface area contributed by atoms with E-state index in [2.05, 4.69) is 0 Å². The average molecular weight is 111 g/mol. The number of nitrogens with two attached hydrogens (primary N) is 1. The molecule has 3 N–H and O–H groups in total. The van der Waals surface area contributed by atoms with Crippen LogP contribution in [-0.2, 0) is 4.79 Å². The first-order valence-electron chi connectivity index (χ1n) is 3.69. The largest absolute Gasteiger partial charge is 0.481 e. The summed E-state index contributed by atoms with van der Waals surface area (Å²) in [5.41, 5.74) is 4.85. The zero-order chi connectivity index (χ0) is 9.28. The summed E-state index contributed by atoms with van der Waals surface area (Å²) in [4.78, 5) is 10.2. The van der Waals surface area contributed by atoms with Crippen LogP contribution in [0.25, 0.3) is 0 Å². The Morgan fingerprint density at radius 3 is 2.71 bits per heavy atom. The van der Waals surface area contributed by atoms with Crippen molar-refractivity contribution in [1.29, 1.82) is 0 Å². The van der Waals surface area contributed by atoms with Crippen molar-refractivity contribution in [3.05, 3.63) is 0 Å². The summed E-state index contributed by atoms with van der Waals surface area (Å²) in [6.07, 6.45) is -5.46. The zero-order valence-electron chi connectivity index (χ0n) is 7.64. The molecule has 3 heteroatoms. The van der Waals surface area contributed by atoms with Crippen LogP contribution in [0, 0.1) is 0 Å². The summed E-state index contributed by atoms with van der Waals surface area (Å²) in [6, 6.07) is 0. The van der Waals surface area contributed by atoms with Crippen molar-refractivity contribution in [1.82, 2.24) is 0 Å². The molecule has 7 heavy (non-hydrogen) atoms. The fraction of sp³-hybridized carbons (Fsp3) is 0.750. The van der Waals surface area contributed by atoms with Crippen molar-refractivity contribution in [3.63, 3.8) is 0 Å². The SMILES string of the molecule is [3H]C([3H])(CN)C([3H])([3H])C(=O)O. The molecule has 0 bridgehead atoms. The molecule has 0 atom stereocenters. The van der Waals surface area contributed by atoms with E-state index in [1.165, 1.54) is 0 Å². The minimum Gasteiger partial charge on any atom is -0.481 e. The van der Waals surface area contributed by atoms with Gasteiger partial charge in [0.2, 0.25) is 0 Å². The third kappa shape index (κ3) is 5.43. The molecule has 0 aliphatic rings. The lowest BCUT2D eigenvalue weighted by atomic mass is 10.3. The van der Waals surface area contributed by atoms with Gasteiger partial charge in [0.1, 0.15) is 0 Å². The molecule has 0 aromatic carbocycles. The standard InChI is InChI=1S/C4H9NO2/c5-3-1-2-4(6)7/h1-3,5H2,(H,6,7)/i1T2,2T2. The number of carboxylic acid groups (broad SMARTS) is 1. The Kier molecular flexibility index (Phi) is 1.10. The number of rotatable bonds is 3. The molecule has 0 fully saturated rings. The van der Waals surface area contributed by atoms with E-state index in [-0.39, 0.29) is 0 Å². The van der Waals surface area contributed by atoms with E-state index >= 15 is 0 Å². The Morgan fingerprint density at radius 2 is 2.57 bits per heavy atom. The van der Waals surface area contributed by atoms with Gasteiger partial charge in [-0.2, -0.15) is 0 Å². The Morgan fingerprint density at radius 1 is 2.00 bits per heavy atom. The van der Waals surface area contributed by atoms with Crippen molar-refractivity contribution < 1.29 is 15.4 Å². The maximum absolute atomic E-state index is 10.2. The van der Waals surface area contributed by atoms with Crippen LogP contribution < -0.4 is 5.73 Å². The van der Waals surface area contributed by atoms with Gasteiger partial charge in [-0.3, -0.25) is 4.79 Å². The van der Waals surface area contributed by atoms with Gasteiger partial charge in [0.15, 0.2) is 0 Å². The smallest absolute Gasteiger partial charge is 0.303 e. The highest BCUT2D eigenvalue weighted by Crippen LogP contribution is 1.82. The molecular weight excluding hydrogens is 94.0 g/mol. The first kappa shape index (κ1) is 2.13. The third-order valence-electron chi connectivity index (χ3n) is 0.297. The molecule has 0 aromatic heterocycles. The molecule has 0 heterocycles. The Labute approximate surface area is 47.7 Å². The molecule has 0 saturated carbocycles. The van der Waals surface area contributed by atoms with E-state index in [1.807, 2.05) is 0 Å². The van der Waals surface area contributed by atoms with Crippen molar-refractivity contribution in [2.45, 2.75) is 12.7 Å². The summed E-state index contributed by atoms with van der Waals surface area (Å²) in [6.45, 7) is -0.660. The maximum Gasteiger partial charge on any atom is 0.303 e. The van der Waals surface area contributed by atoms with E-state index in [4.69, 9.17) is 16.3 Å². The van der Waals surface area contributed by atoms with Gasteiger partial charge >= 0.3 is 5.97 Å². The monoisotopic (exact) mass is 111 g/mol. The predicted molar refractivity (Wildman–Crippen MR) is 25.9 cm³/mol. The van der Waals surface area contributed by atoms with E-state index in [0.717, 1.165) is 0 Å². The second kappa shape index (κ2) is 3.61. The highest BCUT2D eigenvalue weighted by atomic mass is 16.4. The topological polar surface area (TPSA) is 63.3 Å². The van der Waals surface area contributed by atoms with Gasteiger partial charge in [-0.25, -0.2) is 0 Å². The molecular formula is C4H9NO2. The second-order valence-electron chi connectivity index (χ2n) is 0.811. The third-order valence-corrected chi connectivity index (χ3v) is 0.297. The first-order chi connectivity index (χ1) is 4.75. The summed E-state index contributed by atoms with van der Waals surface area (Å²) >= 11 is 0. The van der Waals surface area contributed by atoms with Crippen LogP contribution in [0.2, 0.25) is 0 Å². The van der Waals surface area contributed by atoms with Gasteiger partial charge in [0, 0.05) is 11.9 Å². The Balaban J connectivity index is 4.67. The van der Waals surface area contributed by atoms with E-state index < -0.39 is 25.3 Å². The lowest BCUT2D eigenvalue weighted by Crippen LogP contribution is -2.02. The molecule has 0 unspecified atom stereocenters. The molecule has 0 aliphatic heterocycles. The van der Waals surface area contributed by atoms with Gasteiger partial charge < -0.3 is 10.8 Å². The van der Waals surface area contributed by atoms with Crippen LogP contribution in [-0.4, -0.2) is 17.6 Å². The van der Waals surface area contributed by atoms with Crippen molar-refractivity contribution in [3.8, 4) is 0 Å². The minimum absolute atomic E-state index is 0.660. The highest BCUT2D eigenvalue weighted by Gasteiger charge is 1.91. The van der Waals surface area contributed by atoms with Crippen LogP contribution in [0.3, 0.4) is 0 Å². The van der Waals surface area contributed by atoms with Crippen molar-refractivity contribution in [2.24, 2.45) is 5.73 Å². The number of hydrogen-bond donors (Lipinski definition) is 2. The Hall–Kier alpha value is -0.570. The van der Waals surface area contributed by atoms with Crippen LogP contribution in [0.5, 0.6) is 0 Å². The summed E-state index contributed by atoms with van der Waals surface area (Å²) in [7, 11) is 0. The molecule has 3 nitrogen and oxygen atoms in total.